The number of nitrogens with zero attached hydrogens (tertiary/aromatic N) is 1. The second-order valence-electron chi connectivity index (χ2n) is 7.84. The topological polar surface area (TPSA) is 54.9 Å². The summed E-state index contributed by atoms with van der Waals surface area (Å²) in [7, 11) is 1.82. The van der Waals surface area contributed by atoms with Gasteiger partial charge in [-0.2, -0.15) is 0 Å². The van der Waals surface area contributed by atoms with E-state index in [1.54, 1.807) is 0 Å². The van der Waals surface area contributed by atoms with Gasteiger partial charge in [0.2, 0.25) is 0 Å². The number of rotatable bonds is 11. The van der Waals surface area contributed by atoms with Gasteiger partial charge in [0, 0.05) is 45.2 Å². The monoisotopic (exact) mass is 537 g/mol. The second kappa shape index (κ2) is 15.2. The smallest absolute Gasteiger partial charge is 0.190 e. The van der Waals surface area contributed by atoms with Gasteiger partial charge in [-0.15, -0.1) is 24.0 Å². The quantitative estimate of drug-likeness (QED) is 0.195. The Kier molecular flexibility index (Phi) is 12.6. The van der Waals surface area contributed by atoms with Gasteiger partial charge < -0.3 is 20.1 Å². The standard InChI is InChI=1S/C25H35N3O2.HI/c1-26-25(27-14-8-15-29-19-22-13-16-30-20-22)28-18-24(23-11-6-3-7-12-23)17-21-9-4-2-5-10-21;/h2-7,9-12,22,24H,8,13-20H2,1H3,(H2,26,27,28);1H. The summed E-state index contributed by atoms with van der Waals surface area (Å²) >= 11 is 0. The lowest BCUT2D eigenvalue weighted by Gasteiger charge is -2.20. The Bertz CT molecular complexity index is 737. The molecule has 0 spiro atoms. The van der Waals surface area contributed by atoms with E-state index in [-0.39, 0.29) is 24.0 Å². The van der Waals surface area contributed by atoms with E-state index < -0.39 is 0 Å². The van der Waals surface area contributed by atoms with Crippen molar-refractivity contribution in [2.45, 2.75) is 25.2 Å². The van der Waals surface area contributed by atoms with Crippen molar-refractivity contribution in [1.29, 1.82) is 0 Å². The van der Waals surface area contributed by atoms with Gasteiger partial charge in [-0.1, -0.05) is 60.7 Å². The summed E-state index contributed by atoms with van der Waals surface area (Å²) in [5, 5.41) is 6.91. The average molecular weight is 537 g/mol. The van der Waals surface area contributed by atoms with E-state index in [0.717, 1.165) is 64.7 Å². The lowest BCUT2D eigenvalue weighted by Crippen LogP contribution is -2.40. The average Bonchev–Trinajstić information content (AvgIpc) is 3.32. The number of halogens is 1. The number of guanidine groups is 1. The lowest BCUT2D eigenvalue weighted by molar-refractivity contribution is 0.0888. The van der Waals surface area contributed by atoms with Crippen LogP contribution in [0.5, 0.6) is 0 Å². The molecule has 1 aliphatic rings. The fourth-order valence-corrected chi connectivity index (χ4v) is 3.72. The molecule has 1 saturated heterocycles. The summed E-state index contributed by atoms with van der Waals surface area (Å²) in [6, 6.07) is 21.4. The molecule has 0 aromatic heterocycles. The highest BCUT2D eigenvalue weighted by molar-refractivity contribution is 14.0. The maximum atomic E-state index is 5.78. The maximum absolute atomic E-state index is 5.78. The highest BCUT2D eigenvalue weighted by Crippen LogP contribution is 2.20. The van der Waals surface area contributed by atoms with Crippen LogP contribution in [-0.4, -0.2) is 52.5 Å². The number of benzene rings is 2. The van der Waals surface area contributed by atoms with Crippen LogP contribution in [-0.2, 0) is 15.9 Å². The number of hydrogen-bond acceptors (Lipinski definition) is 3. The molecule has 0 saturated carbocycles. The van der Waals surface area contributed by atoms with Crippen molar-refractivity contribution in [3.63, 3.8) is 0 Å². The van der Waals surface area contributed by atoms with Crippen molar-refractivity contribution in [1.82, 2.24) is 10.6 Å². The third-order valence-electron chi connectivity index (χ3n) is 5.47. The molecule has 170 valence electrons. The Morgan fingerprint density at radius 1 is 1.10 bits per heavy atom. The molecule has 2 aromatic carbocycles. The Balaban J connectivity index is 0.00000341. The molecule has 2 N–H and O–H groups in total. The third kappa shape index (κ3) is 9.58. The number of hydrogen-bond donors (Lipinski definition) is 2. The maximum Gasteiger partial charge on any atom is 0.190 e. The third-order valence-corrected chi connectivity index (χ3v) is 5.47. The van der Waals surface area contributed by atoms with Gasteiger partial charge in [-0.25, -0.2) is 0 Å². The number of nitrogens with one attached hydrogen (secondary N) is 2. The van der Waals surface area contributed by atoms with Crippen molar-refractivity contribution >= 4 is 29.9 Å². The zero-order valence-corrected chi connectivity index (χ0v) is 20.8. The largest absolute Gasteiger partial charge is 0.381 e. The van der Waals surface area contributed by atoms with Crippen molar-refractivity contribution < 1.29 is 9.47 Å². The molecule has 5 nitrogen and oxygen atoms in total. The van der Waals surface area contributed by atoms with Gasteiger partial charge in [0.1, 0.15) is 0 Å². The number of aliphatic imine (C=N–C) groups is 1. The summed E-state index contributed by atoms with van der Waals surface area (Å²) < 4.78 is 11.2. The van der Waals surface area contributed by atoms with Crippen LogP contribution in [0.25, 0.3) is 0 Å². The zero-order valence-electron chi connectivity index (χ0n) is 18.5. The first-order valence-corrected chi connectivity index (χ1v) is 11.0. The van der Waals surface area contributed by atoms with Crippen molar-refractivity contribution in [2.75, 3.05) is 46.6 Å². The lowest BCUT2D eigenvalue weighted by atomic mass is 9.92. The Morgan fingerprint density at radius 3 is 2.52 bits per heavy atom. The molecule has 3 rings (SSSR count). The summed E-state index contributed by atoms with van der Waals surface area (Å²) in [6.07, 6.45) is 3.08. The molecule has 1 heterocycles. The van der Waals surface area contributed by atoms with Gasteiger partial charge >= 0.3 is 0 Å². The Morgan fingerprint density at radius 2 is 1.84 bits per heavy atom. The van der Waals surface area contributed by atoms with Gasteiger partial charge in [0.05, 0.1) is 13.2 Å². The van der Waals surface area contributed by atoms with Crippen molar-refractivity contribution in [3.8, 4) is 0 Å². The van der Waals surface area contributed by atoms with Gasteiger partial charge in [-0.05, 0) is 30.4 Å². The normalized spacial score (nSPS) is 17.1. The highest BCUT2D eigenvalue weighted by atomic mass is 127. The van der Waals surface area contributed by atoms with Crippen LogP contribution in [0.2, 0.25) is 0 Å². The van der Waals surface area contributed by atoms with E-state index in [2.05, 4.69) is 76.3 Å². The van der Waals surface area contributed by atoms with Crippen LogP contribution in [0.3, 0.4) is 0 Å². The molecule has 1 fully saturated rings. The van der Waals surface area contributed by atoms with Crippen LogP contribution >= 0.6 is 24.0 Å². The van der Waals surface area contributed by atoms with E-state index >= 15 is 0 Å². The van der Waals surface area contributed by atoms with Crippen LogP contribution in [0.1, 0.15) is 29.9 Å². The van der Waals surface area contributed by atoms with Crippen LogP contribution in [0, 0.1) is 5.92 Å². The molecule has 1 aliphatic heterocycles. The summed E-state index contributed by atoms with van der Waals surface area (Å²) in [5.74, 6) is 1.80. The molecule has 2 atom stereocenters. The fourth-order valence-electron chi connectivity index (χ4n) is 3.72. The van der Waals surface area contributed by atoms with Crippen molar-refractivity contribution in [3.05, 3.63) is 71.8 Å². The molecule has 0 amide bonds. The van der Waals surface area contributed by atoms with Crippen molar-refractivity contribution in [2.24, 2.45) is 10.9 Å². The minimum Gasteiger partial charge on any atom is -0.381 e. The Hall–Kier alpha value is -1.64. The van der Waals surface area contributed by atoms with Crippen LogP contribution < -0.4 is 10.6 Å². The first kappa shape index (κ1) is 25.6. The molecule has 6 heteroatoms. The first-order valence-electron chi connectivity index (χ1n) is 11.0. The molecule has 0 radical (unpaired) electrons. The predicted octanol–water partition coefficient (Wildman–Crippen LogP) is 4.24. The SMILES string of the molecule is CN=C(NCCCOCC1CCOC1)NCC(Cc1ccccc1)c1ccccc1.I. The molecular formula is C25H36IN3O2. The highest BCUT2D eigenvalue weighted by Gasteiger charge is 2.15. The summed E-state index contributed by atoms with van der Waals surface area (Å²) in [5.41, 5.74) is 2.69. The van der Waals surface area contributed by atoms with Gasteiger partial charge in [0.15, 0.2) is 5.96 Å². The molecule has 31 heavy (non-hydrogen) atoms. The van der Waals surface area contributed by atoms with Crippen LogP contribution in [0.15, 0.2) is 65.7 Å². The summed E-state index contributed by atoms with van der Waals surface area (Å²) in [4.78, 5) is 4.38. The van der Waals surface area contributed by atoms with E-state index in [1.165, 1.54) is 11.1 Å². The van der Waals surface area contributed by atoms with Gasteiger partial charge in [0.25, 0.3) is 0 Å². The second-order valence-corrected chi connectivity index (χ2v) is 7.84. The molecule has 2 aromatic rings. The van der Waals surface area contributed by atoms with E-state index in [9.17, 15) is 0 Å². The zero-order chi connectivity index (χ0) is 20.9. The minimum atomic E-state index is 0. The van der Waals surface area contributed by atoms with E-state index in [1.807, 2.05) is 7.05 Å². The molecule has 0 bridgehead atoms. The molecule has 0 aliphatic carbocycles. The van der Waals surface area contributed by atoms with Crippen LogP contribution in [0.4, 0.5) is 0 Å². The summed E-state index contributed by atoms with van der Waals surface area (Å²) in [6.45, 7) is 4.98. The first-order chi connectivity index (χ1) is 14.8. The fraction of sp³-hybridized carbons (Fsp3) is 0.480. The van der Waals surface area contributed by atoms with E-state index in [4.69, 9.17) is 9.47 Å². The number of ether oxygens (including phenoxy) is 2. The molecular weight excluding hydrogens is 501 g/mol. The van der Waals surface area contributed by atoms with Gasteiger partial charge in [-0.3, -0.25) is 4.99 Å². The van der Waals surface area contributed by atoms with E-state index in [0.29, 0.717) is 11.8 Å². The molecule has 2 unspecified atom stereocenters. The predicted molar refractivity (Wildman–Crippen MR) is 138 cm³/mol. The minimum absolute atomic E-state index is 0. The Labute approximate surface area is 204 Å².